The largest absolute Gasteiger partial charge is 0.393 e. The van der Waals surface area contributed by atoms with Crippen LogP contribution in [0, 0.1) is 5.92 Å². The number of halogens is 1. The van der Waals surface area contributed by atoms with E-state index in [1.54, 1.807) is 6.92 Å². The zero-order valence-corrected chi connectivity index (χ0v) is 14.5. The summed E-state index contributed by atoms with van der Waals surface area (Å²) in [6, 6.07) is 7.88. The highest BCUT2D eigenvalue weighted by molar-refractivity contribution is 6.31. The number of amides is 1. The summed E-state index contributed by atoms with van der Waals surface area (Å²) in [5.74, 6) is 0.360. The van der Waals surface area contributed by atoms with Crippen LogP contribution in [0.25, 0.3) is 10.9 Å². The smallest absolute Gasteiger partial charge is 0.220 e. The van der Waals surface area contributed by atoms with Crippen molar-refractivity contribution in [3.8, 4) is 0 Å². The Labute approximate surface area is 142 Å². The average molecular weight is 337 g/mol. The van der Waals surface area contributed by atoms with Crippen molar-refractivity contribution in [2.45, 2.75) is 45.8 Å². The van der Waals surface area contributed by atoms with Gasteiger partial charge in [0.25, 0.3) is 0 Å². The molecule has 23 heavy (non-hydrogen) atoms. The number of carbonyl (C=O) groups is 1. The molecule has 0 saturated heterocycles. The summed E-state index contributed by atoms with van der Waals surface area (Å²) in [6.07, 6.45) is 3.72. The predicted molar refractivity (Wildman–Crippen MR) is 94.7 cm³/mol. The van der Waals surface area contributed by atoms with E-state index in [1.165, 1.54) is 0 Å². The monoisotopic (exact) mass is 336 g/mol. The minimum absolute atomic E-state index is 0.0712. The molecule has 2 N–H and O–H groups in total. The standard InChI is InChI=1S/C18H25ClN2O2/c1-13(10-14(2)22)12-20-18(23)4-3-8-21-9-7-15-11-16(19)5-6-17(15)21/h5-7,9,11,13-14,22H,3-4,8,10,12H2,1-2H3,(H,20,23). The van der Waals surface area contributed by atoms with Crippen molar-refractivity contribution in [2.24, 2.45) is 5.92 Å². The maximum absolute atomic E-state index is 11.9. The molecule has 1 amide bonds. The summed E-state index contributed by atoms with van der Waals surface area (Å²) >= 11 is 5.99. The second-order valence-corrected chi connectivity index (χ2v) is 6.75. The lowest BCUT2D eigenvalue weighted by molar-refractivity contribution is -0.121. The molecule has 4 nitrogen and oxygen atoms in total. The molecule has 0 radical (unpaired) electrons. The average Bonchev–Trinajstić information content (AvgIpc) is 2.87. The van der Waals surface area contributed by atoms with Gasteiger partial charge in [-0.2, -0.15) is 0 Å². The number of rotatable bonds is 8. The first-order chi connectivity index (χ1) is 11.0. The van der Waals surface area contributed by atoms with E-state index in [9.17, 15) is 9.90 Å². The topological polar surface area (TPSA) is 54.3 Å². The van der Waals surface area contributed by atoms with Crippen LogP contribution in [0.15, 0.2) is 30.5 Å². The summed E-state index contributed by atoms with van der Waals surface area (Å²) in [7, 11) is 0. The molecular formula is C18H25ClN2O2. The Morgan fingerprint density at radius 3 is 2.87 bits per heavy atom. The van der Waals surface area contributed by atoms with Crippen molar-refractivity contribution in [2.75, 3.05) is 6.54 Å². The van der Waals surface area contributed by atoms with E-state index in [2.05, 4.69) is 9.88 Å². The fourth-order valence-electron chi connectivity index (χ4n) is 2.82. The maximum Gasteiger partial charge on any atom is 0.220 e. The van der Waals surface area contributed by atoms with Gasteiger partial charge >= 0.3 is 0 Å². The molecule has 2 unspecified atom stereocenters. The van der Waals surface area contributed by atoms with Gasteiger partial charge in [0.2, 0.25) is 5.91 Å². The van der Waals surface area contributed by atoms with E-state index >= 15 is 0 Å². The number of aryl methyl sites for hydroxylation is 1. The number of hydrogen-bond acceptors (Lipinski definition) is 2. The first-order valence-electron chi connectivity index (χ1n) is 8.15. The number of aromatic nitrogens is 1. The molecular weight excluding hydrogens is 312 g/mol. The number of carbonyl (C=O) groups excluding carboxylic acids is 1. The predicted octanol–water partition coefficient (Wildman–Crippen LogP) is 3.60. The van der Waals surface area contributed by atoms with E-state index in [0.717, 1.165) is 28.9 Å². The first-order valence-corrected chi connectivity index (χ1v) is 8.52. The van der Waals surface area contributed by atoms with E-state index in [-0.39, 0.29) is 17.9 Å². The lowest BCUT2D eigenvalue weighted by Crippen LogP contribution is -2.29. The van der Waals surface area contributed by atoms with Gasteiger partial charge in [0.05, 0.1) is 6.10 Å². The molecule has 2 atom stereocenters. The third kappa shape index (κ3) is 5.56. The zero-order valence-electron chi connectivity index (χ0n) is 13.8. The van der Waals surface area contributed by atoms with Gasteiger partial charge in [-0.25, -0.2) is 0 Å². The van der Waals surface area contributed by atoms with Crippen molar-refractivity contribution in [3.05, 3.63) is 35.5 Å². The number of aliphatic hydroxyl groups excluding tert-OH is 1. The maximum atomic E-state index is 11.9. The molecule has 2 rings (SSSR count). The Kier molecular flexibility index (Phi) is 6.48. The van der Waals surface area contributed by atoms with Crippen LogP contribution in [0.3, 0.4) is 0 Å². The summed E-state index contributed by atoms with van der Waals surface area (Å²) in [4.78, 5) is 11.9. The van der Waals surface area contributed by atoms with Gasteiger partial charge in [-0.1, -0.05) is 18.5 Å². The van der Waals surface area contributed by atoms with Crippen molar-refractivity contribution < 1.29 is 9.90 Å². The van der Waals surface area contributed by atoms with Crippen molar-refractivity contribution >= 4 is 28.4 Å². The second kappa shape index (κ2) is 8.37. The third-order valence-electron chi connectivity index (χ3n) is 3.93. The van der Waals surface area contributed by atoms with E-state index in [1.807, 2.05) is 37.4 Å². The minimum atomic E-state index is -0.322. The van der Waals surface area contributed by atoms with Crippen LogP contribution >= 0.6 is 11.6 Å². The van der Waals surface area contributed by atoms with Gasteiger partial charge in [0.15, 0.2) is 0 Å². The number of nitrogens with zero attached hydrogens (tertiary/aromatic N) is 1. The molecule has 0 saturated carbocycles. The third-order valence-corrected chi connectivity index (χ3v) is 4.16. The van der Waals surface area contributed by atoms with Gasteiger partial charge in [0, 0.05) is 41.6 Å². The Morgan fingerprint density at radius 2 is 2.13 bits per heavy atom. The van der Waals surface area contributed by atoms with E-state index < -0.39 is 0 Å². The van der Waals surface area contributed by atoms with Crippen LogP contribution in [0.5, 0.6) is 0 Å². The van der Waals surface area contributed by atoms with Crippen LogP contribution in [0.4, 0.5) is 0 Å². The molecule has 0 fully saturated rings. The fraction of sp³-hybridized carbons (Fsp3) is 0.500. The van der Waals surface area contributed by atoms with Crippen LogP contribution in [0.1, 0.15) is 33.1 Å². The molecule has 0 aliphatic carbocycles. The second-order valence-electron chi connectivity index (χ2n) is 6.31. The molecule has 5 heteroatoms. The van der Waals surface area contributed by atoms with Gasteiger partial charge < -0.3 is 15.0 Å². The first kappa shape index (κ1) is 17.8. The van der Waals surface area contributed by atoms with E-state index in [4.69, 9.17) is 11.6 Å². The number of nitrogens with one attached hydrogen (secondary N) is 1. The van der Waals surface area contributed by atoms with Crippen LogP contribution < -0.4 is 5.32 Å². The fourth-order valence-corrected chi connectivity index (χ4v) is 3.00. The highest BCUT2D eigenvalue weighted by Gasteiger charge is 2.08. The molecule has 1 heterocycles. The van der Waals surface area contributed by atoms with Crippen LogP contribution in [-0.2, 0) is 11.3 Å². The molecule has 0 bridgehead atoms. The summed E-state index contributed by atoms with van der Waals surface area (Å²) in [6.45, 7) is 5.23. The highest BCUT2D eigenvalue weighted by Crippen LogP contribution is 2.20. The highest BCUT2D eigenvalue weighted by atomic mass is 35.5. The molecule has 2 aromatic rings. The zero-order chi connectivity index (χ0) is 16.8. The van der Waals surface area contributed by atoms with Crippen LogP contribution in [-0.4, -0.2) is 28.2 Å². The molecule has 0 aliphatic rings. The van der Waals surface area contributed by atoms with Gasteiger partial charge in [-0.15, -0.1) is 0 Å². The van der Waals surface area contributed by atoms with Crippen molar-refractivity contribution in [3.63, 3.8) is 0 Å². The van der Waals surface area contributed by atoms with Gasteiger partial charge in [-0.3, -0.25) is 4.79 Å². The number of benzene rings is 1. The lowest BCUT2D eigenvalue weighted by atomic mass is 10.0. The number of hydrogen-bond donors (Lipinski definition) is 2. The van der Waals surface area contributed by atoms with Crippen LogP contribution in [0.2, 0.25) is 5.02 Å². The molecule has 0 spiro atoms. The van der Waals surface area contributed by atoms with Crippen molar-refractivity contribution in [1.29, 1.82) is 0 Å². The number of aliphatic hydroxyl groups is 1. The van der Waals surface area contributed by atoms with Crippen molar-refractivity contribution in [1.82, 2.24) is 9.88 Å². The number of fused-ring (bicyclic) bond motifs is 1. The molecule has 0 aliphatic heterocycles. The summed E-state index contributed by atoms with van der Waals surface area (Å²) in [5, 5.41) is 14.1. The Bertz CT molecular complexity index is 652. The molecule has 1 aromatic carbocycles. The quantitative estimate of drug-likeness (QED) is 0.774. The Morgan fingerprint density at radius 1 is 1.35 bits per heavy atom. The SMILES string of the molecule is CC(O)CC(C)CNC(=O)CCCn1ccc2cc(Cl)ccc21. The minimum Gasteiger partial charge on any atom is -0.393 e. The summed E-state index contributed by atoms with van der Waals surface area (Å²) < 4.78 is 2.15. The normalized spacial score (nSPS) is 13.9. The lowest BCUT2D eigenvalue weighted by Gasteiger charge is -2.14. The molecule has 126 valence electrons. The Hall–Kier alpha value is -1.52. The summed E-state index contributed by atoms with van der Waals surface area (Å²) in [5.41, 5.74) is 1.14. The van der Waals surface area contributed by atoms with Gasteiger partial charge in [0.1, 0.15) is 0 Å². The van der Waals surface area contributed by atoms with E-state index in [0.29, 0.717) is 19.4 Å². The Balaban J connectivity index is 1.74. The van der Waals surface area contributed by atoms with Gasteiger partial charge in [-0.05, 0) is 49.9 Å². The molecule has 1 aromatic heterocycles.